The highest BCUT2D eigenvalue weighted by molar-refractivity contribution is 7.20. The molecule has 0 aromatic carbocycles. The molecule has 1 unspecified atom stereocenters. The van der Waals surface area contributed by atoms with Gasteiger partial charge in [0.1, 0.15) is 0 Å². The van der Waals surface area contributed by atoms with Gasteiger partial charge in [0.15, 0.2) is 0 Å². The van der Waals surface area contributed by atoms with Gasteiger partial charge in [-0.05, 0) is 19.8 Å². The Bertz CT molecular complexity index is 454. The quantitative estimate of drug-likeness (QED) is 0.884. The molecule has 3 heterocycles. The van der Waals surface area contributed by atoms with Gasteiger partial charge in [0.25, 0.3) is 0 Å². The summed E-state index contributed by atoms with van der Waals surface area (Å²) in [5.41, 5.74) is 1.00. The SMILES string of the molecule is Cc1cn2nc(NCC3CCCO3)sc2n1. The molecule has 3 rings (SSSR count). The maximum atomic E-state index is 5.54. The molecule has 1 atom stereocenters. The van der Waals surface area contributed by atoms with Gasteiger partial charge in [-0.2, -0.15) is 0 Å². The highest BCUT2D eigenvalue weighted by Crippen LogP contribution is 2.20. The van der Waals surface area contributed by atoms with E-state index in [0.29, 0.717) is 6.10 Å². The smallest absolute Gasteiger partial charge is 0.214 e. The van der Waals surface area contributed by atoms with Crippen molar-refractivity contribution in [2.45, 2.75) is 25.9 Å². The van der Waals surface area contributed by atoms with Gasteiger partial charge >= 0.3 is 0 Å². The predicted molar refractivity (Wildman–Crippen MR) is 63.1 cm³/mol. The minimum atomic E-state index is 0.345. The Labute approximate surface area is 97.4 Å². The van der Waals surface area contributed by atoms with Crippen molar-refractivity contribution in [3.05, 3.63) is 11.9 Å². The Morgan fingerprint density at radius 2 is 2.62 bits per heavy atom. The third-order valence-corrected chi connectivity index (χ3v) is 3.55. The summed E-state index contributed by atoms with van der Waals surface area (Å²) in [6, 6.07) is 0. The number of ether oxygens (including phenoxy) is 1. The lowest BCUT2D eigenvalue weighted by molar-refractivity contribution is 0.120. The highest BCUT2D eigenvalue weighted by atomic mass is 32.1. The van der Waals surface area contributed by atoms with Gasteiger partial charge in [0, 0.05) is 13.2 Å². The van der Waals surface area contributed by atoms with Crippen molar-refractivity contribution >= 4 is 21.4 Å². The molecule has 0 saturated carbocycles. The van der Waals surface area contributed by atoms with Crippen LogP contribution in [0.2, 0.25) is 0 Å². The minimum Gasteiger partial charge on any atom is -0.376 e. The van der Waals surface area contributed by atoms with Crippen LogP contribution < -0.4 is 5.32 Å². The van der Waals surface area contributed by atoms with Crippen LogP contribution in [0.1, 0.15) is 18.5 Å². The minimum absolute atomic E-state index is 0.345. The van der Waals surface area contributed by atoms with Gasteiger partial charge in [-0.1, -0.05) is 11.3 Å². The molecule has 1 aliphatic rings. The second-order valence-corrected chi connectivity index (χ2v) is 4.99. The molecule has 2 aromatic heterocycles. The lowest BCUT2D eigenvalue weighted by Gasteiger charge is -2.08. The Kier molecular flexibility index (Phi) is 2.53. The van der Waals surface area contributed by atoms with Crippen LogP contribution >= 0.6 is 11.3 Å². The van der Waals surface area contributed by atoms with Gasteiger partial charge in [-0.25, -0.2) is 9.50 Å². The van der Waals surface area contributed by atoms with Crippen LogP contribution in [0, 0.1) is 6.92 Å². The molecular weight excluding hydrogens is 224 g/mol. The molecule has 5 nitrogen and oxygen atoms in total. The first-order chi connectivity index (χ1) is 7.81. The summed E-state index contributed by atoms with van der Waals surface area (Å²) in [5.74, 6) is 0. The number of hydrogen-bond donors (Lipinski definition) is 1. The van der Waals surface area contributed by atoms with Gasteiger partial charge in [-0.15, -0.1) is 5.10 Å². The van der Waals surface area contributed by atoms with Crippen molar-refractivity contribution in [2.75, 3.05) is 18.5 Å². The van der Waals surface area contributed by atoms with Crippen LogP contribution in [0.15, 0.2) is 6.20 Å². The zero-order chi connectivity index (χ0) is 11.0. The number of rotatable bonds is 3. The van der Waals surface area contributed by atoms with E-state index in [9.17, 15) is 0 Å². The van der Waals surface area contributed by atoms with Crippen LogP contribution in [-0.4, -0.2) is 33.9 Å². The second kappa shape index (κ2) is 4.03. The normalized spacial score (nSPS) is 20.7. The summed E-state index contributed by atoms with van der Waals surface area (Å²) in [6.07, 6.45) is 4.60. The van der Waals surface area contributed by atoms with E-state index in [1.165, 1.54) is 6.42 Å². The zero-order valence-electron chi connectivity index (χ0n) is 9.14. The van der Waals surface area contributed by atoms with Gasteiger partial charge < -0.3 is 10.1 Å². The maximum absolute atomic E-state index is 5.54. The number of aryl methyl sites for hydroxylation is 1. The van der Waals surface area contributed by atoms with E-state index in [4.69, 9.17) is 4.74 Å². The summed E-state index contributed by atoms with van der Waals surface area (Å²) in [6.45, 7) is 3.71. The molecule has 0 amide bonds. The molecule has 0 spiro atoms. The number of nitrogens with one attached hydrogen (secondary N) is 1. The van der Waals surface area contributed by atoms with Crippen LogP contribution in [0.25, 0.3) is 4.96 Å². The maximum Gasteiger partial charge on any atom is 0.214 e. The Hall–Kier alpha value is -1.14. The van der Waals surface area contributed by atoms with E-state index in [1.807, 2.05) is 17.6 Å². The average Bonchev–Trinajstić information content (AvgIpc) is 2.88. The number of aromatic nitrogens is 3. The highest BCUT2D eigenvalue weighted by Gasteiger charge is 2.15. The lowest BCUT2D eigenvalue weighted by Crippen LogP contribution is -2.18. The van der Waals surface area contributed by atoms with E-state index in [1.54, 1.807) is 11.3 Å². The molecule has 1 fully saturated rings. The molecule has 0 radical (unpaired) electrons. The van der Waals surface area contributed by atoms with Crippen molar-refractivity contribution < 1.29 is 4.74 Å². The Morgan fingerprint density at radius 1 is 1.69 bits per heavy atom. The number of nitrogens with zero attached hydrogens (tertiary/aromatic N) is 3. The van der Waals surface area contributed by atoms with E-state index < -0.39 is 0 Å². The fourth-order valence-electron chi connectivity index (χ4n) is 1.89. The molecule has 1 saturated heterocycles. The van der Waals surface area contributed by atoms with E-state index in [0.717, 1.165) is 35.4 Å². The van der Waals surface area contributed by atoms with Crippen LogP contribution in [0.4, 0.5) is 5.13 Å². The fraction of sp³-hybridized carbons (Fsp3) is 0.600. The molecule has 2 aromatic rings. The molecule has 0 aliphatic carbocycles. The summed E-state index contributed by atoms with van der Waals surface area (Å²) >= 11 is 1.58. The molecule has 6 heteroatoms. The summed E-state index contributed by atoms with van der Waals surface area (Å²) in [5, 5.41) is 8.62. The van der Waals surface area contributed by atoms with E-state index in [-0.39, 0.29) is 0 Å². The summed E-state index contributed by atoms with van der Waals surface area (Å²) in [4.78, 5) is 5.30. The van der Waals surface area contributed by atoms with Crippen LogP contribution in [0.3, 0.4) is 0 Å². The number of imidazole rings is 1. The Morgan fingerprint density at radius 3 is 3.38 bits per heavy atom. The van der Waals surface area contributed by atoms with Gasteiger partial charge in [-0.3, -0.25) is 0 Å². The van der Waals surface area contributed by atoms with Crippen molar-refractivity contribution in [2.24, 2.45) is 0 Å². The molecule has 16 heavy (non-hydrogen) atoms. The van der Waals surface area contributed by atoms with Crippen molar-refractivity contribution in [3.8, 4) is 0 Å². The molecule has 86 valence electrons. The first kappa shape index (κ1) is 10.0. The summed E-state index contributed by atoms with van der Waals surface area (Å²) < 4.78 is 7.36. The first-order valence-electron chi connectivity index (χ1n) is 5.49. The van der Waals surface area contributed by atoms with Gasteiger partial charge in [0.2, 0.25) is 10.1 Å². The predicted octanol–water partition coefficient (Wildman–Crippen LogP) is 1.69. The van der Waals surface area contributed by atoms with Crippen molar-refractivity contribution in [1.82, 2.24) is 14.6 Å². The van der Waals surface area contributed by atoms with Crippen molar-refractivity contribution in [3.63, 3.8) is 0 Å². The molecule has 1 aliphatic heterocycles. The number of fused-ring (bicyclic) bond motifs is 1. The van der Waals surface area contributed by atoms with Crippen LogP contribution in [-0.2, 0) is 4.74 Å². The van der Waals surface area contributed by atoms with Gasteiger partial charge in [0.05, 0.1) is 18.0 Å². The monoisotopic (exact) mass is 238 g/mol. The number of anilines is 1. The number of hydrogen-bond acceptors (Lipinski definition) is 5. The third kappa shape index (κ3) is 1.90. The third-order valence-electron chi connectivity index (χ3n) is 2.67. The zero-order valence-corrected chi connectivity index (χ0v) is 9.96. The van der Waals surface area contributed by atoms with E-state index >= 15 is 0 Å². The van der Waals surface area contributed by atoms with Crippen molar-refractivity contribution in [1.29, 1.82) is 0 Å². The van der Waals surface area contributed by atoms with Crippen LogP contribution in [0.5, 0.6) is 0 Å². The first-order valence-corrected chi connectivity index (χ1v) is 6.31. The lowest BCUT2D eigenvalue weighted by atomic mass is 10.2. The molecule has 1 N–H and O–H groups in total. The fourth-order valence-corrected chi connectivity index (χ4v) is 2.72. The molecule has 0 bridgehead atoms. The standard InChI is InChI=1S/C10H14N4OS/c1-7-6-14-10(12-7)16-9(13-14)11-5-8-3-2-4-15-8/h6,8H,2-5H2,1H3,(H,11,13). The topological polar surface area (TPSA) is 51.5 Å². The molecular formula is C10H14N4OS. The average molecular weight is 238 g/mol. The largest absolute Gasteiger partial charge is 0.376 e. The van der Waals surface area contributed by atoms with E-state index in [2.05, 4.69) is 15.4 Å². The second-order valence-electron chi connectivity index (χ2n) is 4.03. The summed E-state index contributed by atoms with van der Waals surface area (Å²) in [7, 11) is 0. The Balaban J connectivity index is 1.67.